The number of amides is 1. The van der Waals surface area contributed by atoms with E-state index in [1.165, 1.54) is 11.8 Å². The maximum absolute atomic E-state index is 12.3. The second-order valence-corrected chi connectivity index (χ2v) is 5.61. The van der Waals surface area contributed by atoms with Crippen LogP contribution in [0.4, 0.5) is 0 Å². The predicted octanol–water partition coefficient (Wildman–Crippen LogP) is -0.0170. The van der Waals surface area contributed by atoms with Gasteiger partial charge < -0.3 is 20.2 Å². The van der Waals surface area contributed by atoms with Gasteiger partial charge in [0.25, 0.3) is 0 Å². The summed E-state index contributed by atoms with van der Waals surface area (Å²) >= 11 is 0. The van der Waals surface area contributed by atoms with E-state index in [2.05, 4.69) is 0 Å². The number of rotatable bonds is 4. The molecule has 1 fully saturated rings. The molecule has 1 saturated heterocycles. The third-order valence-corrected chi connectivity index (χ3v) is 4.00. The van der Waals surface area contributed by atoms with Crippen LogP contribution in [0.2, 0.25) is 0 Å². The van der Waals surface area contributed by atoms with E-state index in [1.807, 2.05) is 0 Å². The topological polar surface area (TPSA) is 98.1 Å². The van der Waals surface area contributed by atoms with E-state index in [0.717, 1.165) is 0 Å². The number of aliphatic carboxylic acids is 1. The molecule has 1 aromatic rings. The van der Waals surface area contributed by atoms with Gasteiger partial charge in [-0.05, 0) is 12.5 Å². The zero-order valence-electron chi connectivity index (χ0n) is 11.8. The average molecular weight is 293 g/mol. The van der Waals surface area contributed by atoms with Crippen molar-refractivity contribution in [3.63, 3.8) is 0 Å². The van der Waals surface area contributed by atoms with Gasteiger partial charge in [-0.2, -0.15) is 0 Å². The third kappa shape index (κ3) is 3.06. The minimum absolute atomic E-state index is 0.0322. The molecule has 6 heteroatoms. The van der Waals surface area contributed by atoms with E-state index in [-0.39, 0.29) is 25.4 Å². The summed E-state index contributed by atoms with van der Waals surface area (Å²) in [4.78, 5) is 25.2. The van der Waals surface area contributed by atoms with Crippen molar-refractivity contribution in [2.75, 3.05) is 13.1 Å². The molecule has 0 aliphatic carbocycles. The number of hydrogen-bond donors (Lipinski definition) is 3. The lowest BCUT2D eigenvalue weighted by atomic mass is 9.79. The van der Waals surface area contributed by atoms with E-state index < -0.39 is 23.6 Å². The summed E-state index contributed by atoms with van der Waals surface area (Å²) in [6.45, 7) is 1.57. The molecule has 0 saturated carbocycles. The normalized spacial score (nSPS) is 24.6. The van der Waals surface area contributed by atoms with Gasteiger partial charge in [-0.15, -0.1) is 0 Å². The molecule has 1 amide bonds. The van der Waals surface area contributed by atoms with Crippen LogP contribution in [0.15, 0.2) is 30.3 Å². The van der Waals surface area contributed by atoms with Gasteiger partial charge in [-0.25, -0.2) is 0 Å². The summed E-state index contributed by atoms with van der Waals surface area (Å²) in [6.07, 6.45) is -2.16. The van der Waals surface area contributed by atoms with E-state index in [0.29, 0.717) is 5.56 Å². The van der Waals surface area contributed by atoms with Crippen LogP contribution in [0.1, 0.15) is 18.9 Å². The number of nitrogens with zero attached hydrogens (tertiary/aromatic N) is 1. The molecule has 0 radical (unpaired) electrons. The lowest BCUT2D eigenvalue weighted by Crippen LogP contribution is -2.40. The molecule has 114 valence electrons. The maximum Gasteiger partial charge on any atom is 0.314 e. The van der Waals surface area contributed by atoms with Gasteiger partial charge in [0.05, 0.1) is 17.6 Å². The van der Waals surface area contributed by atoms with Crippen molar-refractivity contribution in [3.05, 3.63) is 35.9 Å². The van der Waals surface area contributed by atoms with E-state index in [9.17, 15) is 24.9 Å². The maximum atomic E-state index is 12.3. The van der Waals surface area contributed by atoms with Crippen LogP contribution in [0.5, 0.6) is 0 Å². The summed E-state index contributed by atoms with van der Waals surface area (Å²) < 4.78 is 0. The highest BCUT2D eigenvalue weighted by molar-refractivity contribution is 5.89. The first-order chi connectivity index (χ1) is 9.84. The van der Waals surface area contributed by atoms with Crippen LogP contribution in [0.25, 0.3) is 0 Å². The van der Waals surface area contributed by atoms with E-state index >= 15 is 0 Å². The average Bonchev–Trinajstić information content (AvgIpc) is 2.79. The SMILES string of the molecule is CC(CC(=O)N1CC(O)C(O)C1)(C(=O)O)c1ccccc1. The molecule has 6 nitrogen and oxygen atoms in total. The number of benzene rings is 1. The fraction of sp³-hybridized carbons (Fsp3) is 0.467. The van der Waals surface area contributed by atoms with Gasteiger partial charge >= 0.3 is 5.97 Å². The molecule has 1 aliphatic heterocycles. The Kier molecular flexibility index (Phi) is 4.29. The largest absolute Gasteiger partial charge is 0.481 e. The Morgan fingerprint density at radius 1 is 1.19 bits per heavy atom. The van der Waals surface area contributed by atoms with Gasteiger partial charge in [0.1, 0.15) is 0 Å². The predicted molar refractivity (Wildman–Crippen MR) is 74.6 cm³/mol. The van der Waals surface area contributed by atoms with Gasteiger partial charge in [0, 0.05) is 19.5 Å². The van der Waals surface area contributed by atoms with E-state index in [1.54, 1.807) is 30.3 Å². The number of aliphatic hydroxyl groups is 2. The minimum Gasteiger partial charge on any atom is -0.481 e. The van der Waals surface area contributed by atoms with Crippen molar-refractivity contribution >= 4 is 11.9 Å². The van der Waals surface area contributed by atoms with Crippen LogP contribution >= 0.6 is 0 Å². The molecule has 3 N–H and O–H groups in total. The van der Waals surface area contributed by atoms with Gasteiger partial charge in [-0.3, -0.25) is 9.59 Å². The summed E-state index contributed by atoms with van der Waals surface area (Å²) in [6, 6.07) is 8.58. The minimum atomic E-state index is -1.34. The second-order valence-electron chi connectivity index (χ2n) is 5.61. The number of carbonyl (C=O) groups is 2. The Hall–Kier alpha value is -1.92. The number of carbonyl (C=O) groups excluding carboxylic acids is 1. The molecule has 3 atom stereocenters. The molecule has 2 rings (SSSR count). The molecule has 1 heterocycles. The van der Waals surface area contributed by atoms with Crippen molar-refractivity contribution in [3.8, 4) is 0 Å². The fourth-order valence-corrected chi connectivity index (χ4v) is 2.49. The summed E-state index contributed by atoms with van der Waals surface area (Å²) in [5, 5.41) is 28.5. The molecular weight excluding hydrogens is 274 g/mol. The zero-order chi connectivity index (χ0) is 15.6. The highest BCUT2D eigenvalue weighted by Crippen LogP contribution is 2.29. The molecular formula is C15H19NO5. The summed E-state index contributed by atoms with van der Waals surface area (Å²) in [5.41, 5.74) is -0.789. The standard InChI is InChI=1S/C15H19NO5/c1-15(14(20)21,10-5-3-2-4-6-10)7-13(19)16-8-11(17)12(18)9-16/h2-6,11-12,17-18H,7-9H2,1H3,(H,20,21). The number of carboxylic acids is 1. The molecule has 1 aromatic carbocycles. The summed E-state index contributed by atoms with van der Waals surface area (Å²) in [7, 11) is 0. The molecule has 3 unspecified atom stereocenters. The Bertz CT molecular complexity index is 522. The van der Waals surface area contributed by atoms with Crippen LogP contribution in [0.3, 0.4) is 0 Å². The number of β-amino-alcohol motifs (C(OH)–C–C–N with tert-alkyl or cyclic N) is 2. The monoisotopic (exact) mass is 293 g/mol. The highest BCUT2D eigenvalue weighted by atomic mass is 16.4. The fourth-order valence-electron chi connectivity index (χ4n) is 2.49. The lowest BCUT2D eigenvalue weighted by Gasteiger charge is -2.27. The first kappa shape index (κ1) is 15.5. The zero-order valence-corrected chi connectivity index (χ0v) is 11.8. The van der Waals surface area contributed by atoms with Crippen molar-refractivity contribution in [2.24, 2.45) is 0 Å². The van der Waals surface area contributed by atoms with Crippen LogP contribution in [-0.2, 0) is 15.0 Å². The van der Waals surface area contributed by atoms with Crippen molar-refractivity contribution < 1.29 is 24.9 Å². The molecule has 21 heavy (non-hydrogen) atoms. The first-order valence-corrected chi connectivity index (χ1v) is 6.77. The van der Waals surface area contributed by atoms with Gasteiger partial charge in [0.2, 0.25) is 5.91 Å². The van der Waals surface area contributed by atoms with Crippen LogP contribution in [0, 0.1) is 0 Å². The molecule has 0 bridgehead atoms. The number of hydrogen-bond acceptors (Lipinski definition) is 4. The molecule has 0 spiro atoms. The quantitative estimate of drug-likeness (QED) is 0.725. The van der Waals surface area contributed by atoms with Gasteiger partial charge in [-0.1, -0.05) is 30.3 Å². The Balaban J connectivity index is 2.18. The van der Waals surface area contributed by atoms with Crippen molar-refractivity contribution in [2.45, 2.75) is 31.0 Å². The molecule has 0 aromatic heterocycles. The first-order valence-electron chi connectivity index (χ1n) is 6.77. The third-order valence-electron chi connectivity index (χ3n) is 4.00. The Labute approximate surface area is 122 Å². The Morgan fingerprint density at radius 2 is 1.71 bits per heavy atom. The van der Waals surface area contributed by atoms with Crippen LogP contribution in [-0.4, -0.2) is 57.4 Å². The number of likely N-dealkylation sites (tertiary alicyclic amines) is 1. The number of carboxylic acid groups (broad SMARTS) is 1. The highest BCUT2D eigenvalue weighted by Gasteiger charge is 2.41. The van der Waals surface area contributed by atoms with Gasteiger partial charge in [0.15, 0.2) is 0 Å². The molecule has 1 aliphatic rings. The smallest absolute Gasteiger partial charge is 0.314 e. The van der Waals surface area contributed by atoms with Crippen molar-refractivity contribution in [1.29, 1.82) is 0 Å². The lowest BCUT2D eigenvalue weighted by molar-refractivity contribution is -0.147. The van der Waals surface area contributed by atoms with Crippen LogP contribution < -0.4 is 0 Å². The van der Waals surface area contributed by atoms with Crippen molar-refractivity contribution in [1.82, 2.24) is 4.90 Å². The van der Waals surface area contributed by atoms with E-state index in [4.69, 9.17) is 0 Å². The number of aliphatic hydroxyl groups excluding tert-OH is 2. The summed E-state index contributed by atoms with van der Waals surface area (Å²) in [5.74, 6) is -1.47. The Morgan fingerprint density at radius 3 is 2.19 bits per heavy atom. The second kappa shape index (κ2) is 5.83.